The fourth-order valence-corrected chi connectivity index (χ4v) is 3.96. The van der Waals surface area contributed by atoms with Gasteiger partial charge in [-0.2, -0.15) is 0 Å². The number of carbonyl (C=O) groups is 3. The molecule has 2 rings (SSSR count). The van der Waals surface area contributed by atoms with Crippen molar-refractivity contribution < 1.29 is 27.9 Å². The number of carbonyl (C=O) groups excluding carboxylic acids is 2. The third-order valence-corrected chi connectivity index (χ3v) is 5.57. The topological polar surface area (TPSA) is 173 Å². The normalized spacial score (nSPS) is 18.2. The van der Waals surface area contributed by atoms with Gasteiger partial charge in [0.25, 0.3) is 5.91 Å². The van der Waals surface area contributed by atoms with E-state index in [2.05, 4.69) is 5.32 Å². The molecule has 6 N–H and O–H groups in total. The fourth-order valence-electron chi connectivity index (χ4n) is 2.86. The van der Waals surface area contributed by atoms with Gasteiger partial charge < -0.3 is 21.1 Å². The number of primary sulfonamides is 1. The van der Waals surface area contributed by atoms with E-state index in [1.165, 1.54) is 11.8 Å². The third kappa shape index (κ3) is 4.49. The number of hydrogen-bond acceptors (Lipinski definition) is 6. The largest absolute Gasteiger partial charge is 0.480 e. The van der Waals surface area contributed by atoms with Crippen LogP contribution >= 0.6 is 11.6 Å². The lowest BCUT2D eigenvalue weighted by Gasteiger charge is -2.25. The first-order valence-corrected chi connectivity index (χ1v) is 9.82. The molecular formula is C15H19ClN4O6S. The Bertz CT molecular complexity index is 904. The molecule has 1 fully saturated rings. The standard InChI is InChI=1S/C15H19ClN4O6S/c1-7(14(22)20-4-2-3-11(20)15(23)24)19-13(21)8-5-12(27(18,25)26)9(16)6-10(8)17/h5-7,11H,2-4,17H2,1H3,(H,19,21)(H,23,24)(H2,18,25,26)/t7-,11-/m0/s1. The van der Waals surface area contributed by atoms with E-state index < -0.39 is 44.8 Å². The molecule has 27 heavy (non-hydrogen) atoms. The molecule has 1 aliphatic rings. The van der Waals surface area contributed by atoms with Crippen molar-refractivity contribution in [2.45, 2.75) is 36.7 Å². The maximum atomic E-state index is 12.5. The molecule has 0 aromatic heterocycles. The first-order valence-electron chi connectivity index (χ1n) is 7.89. The Morgan fingerprint density at radius 1 is 1.37 bits per heavy atom. The molecular weight excluding hydrogens is 400 g/mol. The zero-order valence-corrected chi connectivity index (χ0v) is 15.9. The minimum atomic E-state index is -4.19. The van der Waals surface area contributed by atoms with Crippen LogP contribution in [-0.4, -0.2) is 54.8 Å². The molecule has 12 heteroatoms. The monoisotopic (exact) mass is 418 g/mol. The van der Waals surface area contributed by atoms with Crippen LogP contribution in [0.15, 0.2) is 17.0 Å². The summed E-state index contributed by atoms with van der Waals surface area (Å²) in [4.78, 5) is 36.8. The van der Waals surface area contributed by atoms with Crippen LogP contribution in [-0.2, 0) is 19.6 Å². The molecule has 0 unspecified atom stereocenters. The number of hydrogen-bond donors (Lipinski definition) is 4. The van der Waals surface area contributed by atoms with E-state index in [9.17, 15) is 22.8 Å². The van der Waals surface area contributed by atoms with E-state index in [1.807, 2.05) is 0 Å². The SMILES string of the molecule is C[C@H](NC(=O)c1cc(S(N)(=O)=O)c(Cl)cc1N)C(=O)N1CCC[C@H]1C(=O)O. The van der Waals surface area contributed by atoms with Gasteiger partial charge in [-0.25, -0.2) is 18.4 Å². The minimum absolute atomic E-state index is 0.103. The van der Waals surface area contributed by atoms with Crippen molar-refractivity contribution in [3.63, 3.8) is 0 Å². The average molecular weight is 419 g/mol. The number of halogens is 1. The lowest BCUT2D eigenvalue weighted by molar-refractivity contribution is -0.148. The molecule has 0 bridgehead atoms. The second-order valence-electron chi connectivity index (χ2n) is 6.14. The number of anilines is 1. The van der Waals surface area contributed by atoms with Gasteiger partial charge in [0.1, 0.15) is 17.0 Å². The maximum Gasteiger partial charge on any atom is 0.326 e. The Morgan fingerprint density at radius 3 is 2.56 bits per heavy atom. The van der Waals surface area contributed by atoms with Crippen LogP contribution in [0.1, 0.15) is 30.1 Å². The number of amides is 2. The Hall–Kier alpha value is -2.37. The van der Waals surface area contributed by atoms with Crippen LogP contribution in [0.4, 0.5) is 5.69 Å². The van der Waals surface area contributed by atoms with Crippen molar-refractivity contribution in [2.24, 2.45) is 5.14 Å². The lowest BCUT2D eigenvalue weighted by Crippen LogP contribution is -2.50. The summed E-state index contributed by atoms with van der Waals surface area (Å²) in [7, 11) is -4.19. The first-order chi connectivity index (χ1) is 12.4. The second kappa shape index (κ2) is 7.71. The van der Waals surface area contributed by atoms with Crippen molar-refractivity contribution in [1.82, 2.24) is 10.2 Å². The number of nitrogen functional groups attached to an aromatic ring is 1. The van der Waals surface area contributed by atoms with Crippen LogP contribution in [0.25, 0.3) is 0 Å². The molecule has 148 valence electrons. The molecule has 1 saturated heterocycles. The number of carboxylic acid groups (broad SMARTS) is 1. The van der Waals surface area contributed by atoms with Gasteiger partial charge in [-0.05, 0) is 31.9 Å². The van der Waals surface area contributed by atoms with Crippen LogP contribution in [0.3, 0.4) is 0 Å². The molecule has 0 saturated carbocycles. The van der Waals surface area contributed by atoms with Gasteiger partial charge >= 0.3 is 5.97 Å². The van der Waals surface area contributed by atoms with Gasteiger partial charge in [-0.1, -0.05) is 11.6 Å². The highest BCUT2D eigenvalue weighted by Gasteiger charge is 2.36. The summed E-state index contributed by atoms with van der Waals surface area (Å²) in [6.07, 6.45) is 0.884. The van der Waals surface area contributed by atoms with E-state index in [0.29, 0.717) is 12.8 Å². The molecule has 1 aromatic rings. The first kappa shape index (κ1) is 20.9. The predicted molar refractivity (Wildman–Crippen MR) is 96.5 cm³/mol. The fraction of sp³-hybridized carbons (Fsp3) is 0.400. The molecule has 1 aromatic carbocycles. The van der Waals surface area contributed by atoms with Crippen LogP contribution in [0.5, 0.6) is 0 Å². The summed E-state index contributed by atoms with van der Waals surface area (Å²) in [6, 6.07) is 0.0101. The summed E-state index contributed by atoms with van der Waals surface area (Å²) >= 11 is 5.79. The zero-order valence-electron chi connectivity index (χ0n) is 14.3. The summed E-state index contributed by atoms with van der Waals surface area (Å²) in [5.74, 6) is -2.49. The smallest absolute Gasteiger partial charge is 0.326 e. The molecule has 10 nitrogen and oxygen atoms in total. The Kier molecular flexibility index (Phi) is 5.97. The number of nitrogens with one attached hydrogen (secondary N) is 1. The highest BCUT2D eigenvalue weighted by molar-refractivity contribution is 7.89. The molecule has 0 radical (unpaired) electrons. The zero-order chi connectivity index (χ0) is 20.5. The van der Waals surface area contributed by atoms with Gasteiger partial charge in [0.2, 0.25) is 15.9 Å². The van der Waals surface area contributed by atoms with Crippen LogP contribution in [0, 0.1) is 0 Å². The predicted octanol–water partition coefficient (Wildman–Crippen LogP) is -0.236. The Balaban J connectivity index is 2.22. The number of nitrogens with zero attached hydrogens (tertiary/aromatic N) is 1. The summed E-state index contributed by atoms with van der Waals surface area (Å²) in [5.41, 5.74) is 5.39. The van der Waals surface area contributed by atoms with Crippen molar-refractivity contribution in [2.75, 3.05) is 12.3 Å². The number of nitrogens with two attached hydrogens (primary N) is 2. The molecule has 2 amide bonds. The van der Waals surface area contributed by atoms with Gasteiger partial charge in [0.05, 0.1) is 10.6 Å². The second-order valence-corrected chi connectivity index (χ2v) is 8.07. The van der Waals surface area contributed by atoms with Crippen molar-refractivity contribution >= 4 is 45.1 Å². The van der Waals surface area contributed by atoms with Gasteiger partial charge in [0, 0.05) is 12.2 Å². The summed E-state index contributed by atoms with van der Waals surface area (Å²) < 4.78 is 23.1. The van der Waals surface area contributed by atoms with Crippen molar-refractivity contribution in [1.29, 1.82) is 0 Å². The third-order valence-electron chi connectivity index (χ3n) is 4.19. The molecule has 0 aliphatic carbocycles. The van der Waals surface area contributed by atoms with Crippen molar-refractivity contribution in [3.05, 3.63) is 22.7 Å². The maximum absolute atomic E-state index is 12.5. The number of carboxylic acids is 1. The van der Waals surface area contributed by atoms with E-state index in [4.69, 9.17) is 27.6 Å². The van der Waals surface area contributed by atoms with E-state index in [0.717, 1.165) is 12.1 Å². The average Bonchev–Trinajstić information content (AvgIpc) is 3.02. The minimum Gasteiger partial charge on any atom is -0.480 e. The van der Waals surface area contributed by atoms with Gasteiger partial charge in [-0.15, -0.1) is 0 Å². The molecule has 2 atom stereocenters. The van der Waals surface area contributed by atoms with E-state index in [-0.39, 0.29) is 22.8 Å². The highest BCUT2D eigenvalue weighted by atomic mass is 35.5. The van der Waals surface area contributed by atoms with E-state index >= 15 is 0 Å². The highest BCUT2D eigenvalue weighted by Crippen LogP contribution is 2.26. The number of sulfonamides is 1. The van der Waals surface area contributed by atoms with Gasteiger partial charge in [0.15, 0.2) is 0 Å². The summed E-state index contributed by atoms with van der Waals surface area (Å²) in [5, 5.41) is 16.4. The quantitative estimate of drug-likeness (QED) is 0.477. The van der Waals surface area contributed by atoms with Crippen molar-refractivity contribution in [3.8, 4) is 0 Å². The number of aliphatic carboxylic acids is 1. The number of likely N-dealkylation sites (tertiary alicyclic amines) is 1. The number of rotatable bonds is 5. The van der Waals surface area contributed by atoms with E-state index in [1.54, 1.807) is 0 Å². The van der Waals surface area contributed by atoms with Crippen LogP contribution < -0.4 is 16.2 Å². The number of benzene rings is 1. The molecule has 1 heterocycles. The Labute approximate surface area is 160 Å². The molecule has 1 aliphatic heterocycles. The van der Waals surface area contributed by atoms with Gasteiger partial charge in [-0.3, -0.25) is 9.59 Å². The lowest BCUT2D eigenvalue weighted by atomic mass is 10.1. The van der Waals surface area contributed by atoms with Crippen LogP contribution in [0.2, 0.25) is 5.02 Å². The Morgan fingerprint density at radius 2 is 2.00 bits per heavy atom. The molecule has 0 spiro atoms. The summed E-state index contributed by atoms with van der Waals surface area (Å²) in [6.45, 7) is 1.67.